The Kier molecular flexibility index (Phi) is 6.40. The van der Waals surface area contributed by atoms with Crippen molar-refractivity contribution in [2.75, 3.05) is 0 Å². The van der Waals surface area contributed by atoms with Crippen LogP contribution in [0.5, 0.6) is 0 Å². The van der Waals surface area contributed by atoms with Crippen LogP contribution in [0, 0.1) is 5.92 Å². The zero-order chi connectivity index (χ0) is 12.0. The zero-order valence-corrected chi connectivity index (χ0v) is 12.1. The van der Waals surface area contributed by atoms with Crippen LogP contribution in [0.25, 0.3) is 0 Å². The summed E-state index contributed by atoms with van der Waals surface area (Å²) in [6.45, 7) is 4.13. The predicted octanol–water partition coefficient (Wildman–Crippen LogP) is 3.64. The molecular weight excluding hydrogens is 266 g/mol. The summed E-state index contributed by atoms with van der Waals surface area (Å²) in [5, 5.41) is 3.18. The van der Waals surface area contributed by atoms with Gasteiger partial charge in [-0.05, 0) is 18.8 Å². The van der Waals surface area contributed by atoms with Crippen LogP contribution < -0.4 is 5.32 Å². The Morgan fingerprint density at radius 2 is 1.62 bits per heavy atom. The molecule has 1 fully saturated rings. The maximum atomic E-state index is 11.9. The lowest BCUT2D eigenvalue weighted by Gasteiger charge is -2.23. The quantitative estimate of drug-likeness (QED) is 0.790. The molecule has 0 aromatic heterocycles. The van der Waals surface area contributed by atoms with Crippen molar-refractivity contribution in [1.29, 1.82) is 0 Å². The van der Waals surface area contributed by atoms with E-state index >= 15 is 0 Å². The highest BCUT2D eigenvalue weighted by atomic mass is 79.9. The third-order valence-corrected chi connectivity index (χ3v) is 4.76. The number of hydrogen-bond acceptors (Lipinski definition) is 1. The first kappa shape index (κ1) is 14.0. The number of hydrogen-bond donors (Lipinski definition) is 1. The second-order valence-corrected chi connectivity index (χ2v) is 6.18. The van der Waals surface area contributed by atoms with Crippen molar-refractivity contribution in [3.8, 4) is 0 Å². The molecule has 0 bridgehead atoms. The molecule has 3 heteroatoms. The molecule has 2 nitrogen and oxygen atoms in total. The Hall–Kier alpha value is -0.0500. The number of rotatable bonds is 3. The highest BCUT2D eigenvalue weighted by Crippen LogP contribution is 2.18. The Labute approximate surface area is 108 Å². The monoisotopic (exact) mass is 289 g/mol. The molecule has 0 aliphatic heterocycles. The van der Waals surface area contributed by atoms with Gasteiger partial charge in [0.2, 0.25) is 5.91 Å². The van der Waals surface area contributed by atoms with E-state index in [0.29, 0.717) is 12.0 Å². The van der Waals surface area contributed by atoms with Gasteiger partial charge < -0.3 is 5.32 Å². The predicted molar refractivity (Wildman–Crippen MR) is 71.8 cm³/mol. The molecule has 0 radical (unpaired) electrons. The largest absolute Gasteiger partial charge is 0.352 e. The first-order chi connectivity index (χ1) is 7.61. The fourth-order valence-electron chi connectivity index (χ4n) is 2.18. The number of nitrogens with one attached hydrogen (secondary N) is 1. The van der Waals surface area contributed by atoms with Crippen LogP contribution in [-0.2, 0) is 4.79 Å². The van der Waals surface area contributed by atoms with E-state index in [-0.39, 0.29) is 10.7 Å². The maximum absolute atomic E-state index is 11.9. The maximum Gasteiger partial charge on any atom is 0.234 e. The molecule has 16 heavy (non-hydrogen) atoms. The lowest BCUT2D eigenvalue weighted by Crippen LogP contribution is -2.41. The second-order valence-electron chi connectivity index (χ2n) is 5.20. The average Bonchev–Trinajstić information content (AvgIpc) is 2.20. The van der Waals surface area contributed by atoms with Crippen LogP contribution in [0.1, 0.15) is 58.8 Å². The number of halogens is 1. The van der Waals surface area contributed by atoms with Crippen molar-refractivity contribution in [3.05, 3.63) is 0 Å². The van der Waals surface area contributed by atoms with Crippen molar-refractivity contribution in [2.24, 2.45) is 5.92 Å². The molecule has 94 valence electrons. The Morgan fingerprint density at radius 1 is 1.12 bits per heavy atom. The number of alkyl halides is 1. The third kappa shape index (κ3) is 4.86. The van der Waals surface area contributed by atoms with Crippen LogP contribution in [-0.4, -0.2) is 16.8 Å². The van der Waals surface area contributed by atoms with Crippen LogP contribution in [0.4, 0.5) is 0 Å². The minimum absolute atomic E-state index is 0.0436. The van der Waals surface area contributed by atoms with Crippen molar-refractivity contribution >= 4 is 21.8 Å². The summed E-state index contributed by atoms with van der Waals surface area (Å²) in [5.74, 6) is 0.522. The normalized spacial score (nSPS) is 21.2. The van der Waals surface area contributed by atoms with Gasteiger partial charge >= 0.3 is 0 Å². The summed E-state index contributed by atoms with van der Waals surface area (Å²) >= 11 is 3.46. The van der Waals surface area contributed by atoms with Crippen molar-refractivity contribution < 1.29 is 4.79 Å². The van der Waals surface area contributed by atoms with E-state index < -0.39 is 0 Å². The molecule has 1 saturated carbocycles. The summed E-state index contributed by atoms with van der Waals surface area (Å²) in [6.07, 6.45) is 8.86. The van der Waals surface area contributed by atoms with Gasteiger partial charge in [-0.3, -0.25) is 4.79 Å². The van der Waals surface area contributed by atoms with Crippen LogP contribution in [0.15, 0.2) is 0 Å². The molecule has 0 spiro atoms. The van der Waals surface area contributed by atoms with Gasteiger partial charge in [0.05, 0.1) is 4.83 Å². The molecule has 1 amide bonds. The molecule has 1 aliphatic rings. The first-order valence-corrected chi connectivity index (χ1v) is 7.47. The van der Waals surface area contributed by atoms with E-state index in [9.17, 15) is 4.79 Å². The van der Waals surface area contributed by atoms with Gasteiger partial charge in [-0.25, -0.2) is 0 Å². The third-order valence-electron chi connectivity index (χ3n) is 3.29. The van der Waals surface area contributed by atoms with E-state index in [1.54, 1.807) is 0 Å². The fourth-order valence-corrected chi connectivity index (χ4v) is 2.32. The van der Waals surface area contributed by atoms with Crippen LogP contribution >= 0.6 is 15.9 Å². The second kappa shape index (κ2) is 7.31. The molecule has 1 N–H and O–H groups in total. The first-order valence-electron chi connectivity index (χ1n) is 6.55. The van der Waals surface area contributed by atoms with Crippen LogP contribution in [0.3, 0.4) is 0 Å². The van der Waals surface area contributed by atoms with Gasteiger partial charge in [0.1, 0.15) is 0 Å². The van der Waals surface area contributed by atoms with Crippen molar-refractivity contribution in [3.63, 3.8) is 0 Å². The number of carbonyl (C=O) groups is 1. The van der Waals surface area contributed by atoms with Gasteiger partial charge in [-0.15, -0.1) is 0 Å². The summed E-state index contributed by atoms with van der Waals surface area (Å²) in [4.78, 5) is 11.8. The van der Waals surface area contributed by atoms with Gasteiger partial charge in [0, 0.05) is 6.04 Å². The summed E-state index contributed by atoms with van der Waals surface area (Å²) in [7, 11) is 0. The highest BCUT2D eigenvalue weighted by Gasteiger charge is 2.21. The minimum atomic E-state index is -0.0436. The number of carbonyl (C=O) groups excluding carboxylic acids is 1. The van der Waals surface area contributed by atoms with E-state index in [1.165, 1.54) is 32.1 Å². The zero-order valence-electron chi connectivity index (χ0n) is 10.5. The van der Waals surface area contributed by atoms with Crippen molar-refractivity contribution in [1.82, 2.24) is 5.32 Å². The molecule has 1 rings (SSSR count). The average molecular weight is 290 g/mol. The van der Waals surface area contributed by atoms with E-state index in [4.69, 9.17) is 0 Å². The summed E-state index contributed by atoms with van der Waals surface area (Å²) < 4.78 is 0. The lowest BCUT2D eigenvalue weighted by atomic mass is 9.96. The topological polar surface area (TPSA) is 29.1 Å². The molecule has 0 unspecified atom stereocenters. The molecule has 0 heterocycles. The Morgan fingerprint density at radius 3 is 2.12 bits per heavy atom. The molecule has 0 aromatic carbocycles. The van der Waals surface area contributed by atoms with Crippen molar-refractivity contribution in [2.45, 2.75) is 69.7 Å². The van der Waals surface area contributed by atoms with Gasteiger partial charge in [0.25, 0.3) is 0 Å². The van der Waals surface area contributed by atoms with Gasteiger partial charge in [0.15, 0.2) is 0 Å². The fraction of sp³-hybridized carbons (Fsp3) is 0.923. The molecule has 1 atom stereocenters. The standard InChI is InChI=1S/C13H24BrNO/c1-10(2)12(14)13(16)15-11-8-6-4-3-5-7-9-11/h10-12H,3-9H2,1-2H3,(H,15,16)/t12-/m1/s1. The summed E-state index contributed by atoms with van der Waals surface area (Å²) in [5.41, 5.74) is 0. The Balaban J connectivity index is 2.35. The molecule has 0 saturated heterocycles. The SMILES string of the molecule is CC(C)[C@@H](Br)C(=O)NC1CCCCCCC1. The van der Waals surface area contributed by atoms with Gasteiger partial charge in [-0.1, -0.05) is 61.9 Å². The molecule has 0 aromatic rings. The smallest absolute Gasteiger partial charge is 0.234 e. The van der Waals surface area contributed by atoms with E-state index in [1.807, 2.05) is 0 Å². The highest BCUT2D eigenvalue weighted by molar-refractivity contribution is 9.10. The molecular formula is C13H24BrNO. The van der Waals surface area contributed by atoms with E-state index in [2.05, 4.69) is 35.1 Å². The van der Waals surface area contributed by atoms with E-state index in [0.717, 1.165) is 12.8 Å². The number of amides is 1. The van der Waals surface area contributed by atoms with Crippen LogP contribution in [0.2, 0.25) is 0 Å². The van der Waals surface area contributed by atoms with Gasteiger partial charge in [-0.2, -0.15) is 0 Å². The lowest BCUT2D eigenvalue weighted by molar-refractivity contribution is -0.121. The minimum Gasteiger partial charge on any atom is -0.352 e. The summed E-state index contributed by atoms with van der Waals surface area (Å²) in [6, 6.07) is 0.409. The molecule has 1 aliphatic carbocycles. The Bertz CT molecular complexity index is 210.